The van der Waals surface area contributed by atoms with Crippen molar-refractivity contribution in [3.05, 3.63) is 0 Å². The van der Waals surface area contributed by atoms with E-state index in [4.69, 9.17) is 4.74 Å². The van der Waals surface area contributed by atoms with Gasteiger partial charge in [0.05, 0.1) is 6.61 Å². The molecule has 1 rings (SSSR count). The average Bonchev–Trinajstić information content (AvgIpc) is 2.40. The number of hydrogen-bond acceptors (Lipinski definition) is 3. The van der Waals surface area contributed by atoms with Crippen LogP contribution in [0.4, 0.5) is 0 Å². The molecule has 18 heavy (non-hydrogen) atoms. The first-order valence-corrected chi connectivity index (χ1v) is 7.65. The second-order valence-electron chi connectivity index (χ2n) is 5.31. The van der Waals surface area contributed by atoms with E-state index in [1.807, 2.05) is 6.92 Å². The summed E-state index contributed by atoms with van der Waals surface area (Å²) >= 11 is 0. The molecule has 0 aliphatic heterocycles. The minimum absolute atomic E-state index is 0.0585. The number of hydrogen-bond donors (Lipinski definition) is 1. The first-order chi connectivity index (χ1) is 8.72. The maximum absolute atomic E-state index is 12.1. The van der Waals surface area contributed by atoms with Crippen LogP contribution < -0.4 is 5.32 Å². The van der Waals surface area contributed by atoms with Gasteiger partial charge in [0, 0.05) is 6.04 Å². The fourth-order valence-corrected chi connectivity index (χ4v) is 2.91. The van der Waals surface area contributed by atoms with Gasteiger partial charge in [-0.3, -0.25) is 4.79 Å². The molecule has 1 atom stereocenters. The van der Waals surface area contributed by atoms with Gasteiger partial charge in [-0.25, -0.2) is 0 Å². The number of carbonyl (C=O) groups excluding carboxylic acids is 1. The molecule has 1 aliphatic carbocycles. The van der Waals surface area contributed by atoms with Crippen LogP contribution in [-0.2, 0) is 9.53 Å². The molecule has 1 aliphatic rings. The van der Waals surface area contributed by atoms with Crippen LogP contribution in [-0.4, -0.2) is 24.7 Å². The van der Waals surface area contributed by atoms with Gasteiger partial charge in [-0.05, 0) is 25.7 Å². The third-order valence-corrected chi connectivity index (χ3v) is 4.08. The van der Waals surface area contributed by atoms with E-state index in [9.17, 15) is 4.79 Å². The second-order valence-corrected chi connectivity index (χ2v) is 5.31. The Morgan fingerprint density at radius 3 is 2.28 bits per heavy atom. The zero-order valence-corrected chi connectivity index (χ0v) is 12.2. The zero-order chi connectivity index (χ0) is 13.4. The number of rotatable bonds is 7. The number of carbonyl (C=O) groups is 1. The van der Waals surface area contributed by atoms with E-state index < -0.39 is 0 Å². The van der Waals surface area contributed by atoms with Crippen LogP contribution in [0, 0.1) is 5.92 Å². The summed E-state index contributed by atoms with van der Waals surface area (Å²) < 4.78 is 5.23. The lowest BCUT2D eigenvalue weighted by Crippen LogP contribution is -2.49. The highest BCUT2D eigenvalue weighted by Crippen LogP contribution is 2.21. The van der Waals surface area contributed by atoms with E-state index in [1.165, 1.54) is 32.1 Å². The highest BCUT2D eigenvalue weighted by atomic mass is 16.5. The van der Waals surface area contributed by atoms with Crippen LogP contribution in [0.15, 0.2) is 0 Å². The normalized spacial score (nSPS) is 18.9. The van der Waals surface area contributed by atoms with Crippen molar-refractivity contribution in [1.82, 2.24) is 5.32 Å². The van der Waals surface area contributed by atoms with Crippen molar-refractivity contribution in [2.75, 3.05) is 6.61 Å². The molecule has 0 radical (unpaired) electrons. The molecule has 1 saturated carbocycles. The number of esters is 1. The maximum atomic E-state index is 12.1. The summed E-state index contributed by atoms with van der Waals surface area (Å²) in [6.07, 6.45) is 8.38. The molecular formula is C15H29NO2. The lowest BCUT2D eigenvalue weighted by Gasteiger charge is -2.31. The van der Waals surface area contributed by atoms with E-state index in [2.05, 4.69) is 19.2 Å². The second kappa shape index (κ2) is 8.52. The van der Waals surface area contributed by atoms with Crippen LogP contribution in [0.5, 0.6) is 0 Å². The van der Waals surface area contributed by atoms with Gasteiger partial charge in [-0.15, -0.1) is 0 Å². The summed E-state index contributed by atoms with van der Waals surface area (Å²) in [5.74, 6) is 0.336. The first kappa shape index (κ1) is 15.5. The molecular weight excluding hydrogens is 226 g/mol. The van der Waals surface area contributed by atoms with Crippen molar-refractivity contribution in [3.8, 4) is 0 Å². The Morgan fingerprint density at radius 1 is 1.17 bits per heavy atom. The van der Waals surface area contributed by atoms with Gasteiger partial charge in [-0.2, -0.15) is 0 Å². The number of ether oxygens (including phenoxy) is 1. The summed E-state index contributed by atoms with van der Waals surface area (Å²) in [6.45, 7) is 6.66. The van der Waals surface area contributed by atoms with Gasteiger partial charge in [0.1, 0.15) is 6.04 Å². The van der Waals surface area contributed by atoms with Crippen molar-refractivity contribution < 1.29 is 9.53 Å². The molecule has 0 amide bonds. The Balaban J connectivity index is 2.60. The smallest absolute Gasteiger partial charge is 0.323 e. The van der Waals surface area contributed by atoms with Crippen molar-refractivity contribution in [3.63, 3.8) is 0 Å². The highest BCUT2D eigenvalue weighted by Gasteiger charge is 2.29. The topological polar surface area (TPSA) is 38.3 Å². The third kappa shape index (κ3) is 4.60. The molecule has 0 heterocycles. The molecule has 1 unspecified atom stereocenters. The van der Waals surface area contributed by atoms with Crippen molar-refractivity contribution >= 4 is 5.97 Å². The summed E-state index contributed by atoms with van der Waals surface area (Å²) in [4.78, 5) is 12.1. The molecule has 0 saturated heterocycles. The minimum Gasteiger partial charge on any atom is -0.465 e. The summed E-state index contributed by atoms with van der Waals surface area (Å²) in [5.41, 5.74) is 0. The molecule has 1 fully saturated rings. The van der Waals surface area contributed by atoms with Gasteiger partial charge in [0.15, 0.2) is 0 Å². The summed E-state index contributed by atoms with van der Waals surface area (Å²) in [7, 11) is 0. The maximum Gasteiger partial charge on any atom is 0.323 e. The van der Waals surface area contributed by atoms with Crippen molar-refractivity contribution in [2.45, 2.75) is 77.8 Å². The largest absolute Gasteiger partial charge is 0.465 e. The van der Waals surface area contributed by atoms with E-state index in [1.54, 1.807) is 0 Å². The highest BCUT2D eigenvalue weighted by molar-refractivity contribution is 5.76. The van der Waals surface area contributed by atoms with Crippen LogP contribution in [0.1, 0.15) is 65.7 Å². The minimum atomic E-state index is -0.108. The van der Waals surface area contributed by atoms with Crippen LogP contribution in [0.3, 0.4) is 0 Å². The molecule has 0 aromatic heterocycles. The van der Waals surface area contributed by atoms with Crippen molar-refractivity contribution in [2.24, 2.45) is 5.92 Å². The molecule has 1 N–H and O–H groups in total. The predicted octanol–water partition coefficient (Wildman–Crippen LogP) is 3.28. The van der Waals surface area contributed by atoms with Gasteiger partial charge < -0.3 is 10.1 Å². The van der Waals surface area contributed by atoms with Gasteiger partial charge in [0.25, 0.3) is 0 Å². The average molecular weight is 255 g/mol. The molecule has 106 valence electrons. The molecule has 0 aromatic carbocycles. The van der Waals surface area contributed by atoms with Crippen LogP contribution in [0.2, 0.25) is 0 Å². The molecule has 3 heteroatoms. The Morgan fingerprint density at radius 2 is 1.78 bits per heavy atom. The Labute approximate surface area is 112 Å². The van der Waals surface area contributed by atoms with Crippen LogP contribution in [0.25, 0.3) is 0 Å². The Hall–Kier alpha value is -0.570. The monoisotopic (exact) mass is 255 g/mol. The molecule has 0 spiro atoms. The summed E-state index contributed by atoms with van der Waals surface area (Å²) in [6, 6.07) is 0.400. The molecule has 0 bridgehead atoms. The standard InChI is InChI=1S/C15H29NO2/c1-4-12(5-2)14(15(17)18-6-3)16-13-10-8-7-9-11-13/h12-14,16H,4-11H2,1-3H3. The third-order valence-electron chi connectivity index (χ3n) is 4.08. The van der Waals surface area contributed by atoms with Gasteiger partial charge in [0.2, 0.25) is 0 Å². The van der Waals surface area contributed by atoms with E-state index >= 15 is 0 Å². The Bertz CT molecular complexity index is 233. The van der Waals surface area contributed by atoms with E-state index in [0.29, 0.717) is 18.6 Å². The van der Waals surface area contributed by atoms with Gasteiger partial charge in [-0.1, -0.05) is 46.0 Å². The fourth-order valence-electron chi connectivity index (χ4n) is 2.91. The van der Waals surface area contributed by atoms with Crippen LogP contribution >= 0.6 is 0 Å². The molecule has 0 aromatic rings. The van der Waals surface area contributed by atoms with E-state index in [-0.39, 0.29) is 12.0 Å². The fraction of sp³-hybridized carbons (Fsp3) is 0.933. The SMILES string of the molecule is CCOC(=O)C(NC1CCCCC1)C(CC)CC. The Kier molecular flexibility index (Phi) is 7.33. The number of nitrogens with one attached hydrogen (secondary N) is 1. The summed E-state index contributed by atoms with van der Waals surface area (Å²) in [5, 5.41) is 3.57. The first-order valence-electron chi connectivity index (χ1n) is 7.65. The van der Waals surface area contributed by atoms with Gasteiger partial charge >= 0.3 is 5.97 Å². The molecule has 3 nitrogen and oxygen atoms in total. The zero-order valence-electron chi connectivity index (χ0n) is 12.2. The lowest BCUT2D eigenvalue weighted by atomic mass is 9.90. The lowest BCUT2D eigenvalue weighted by molar-refractivity contribution is -0.147. The van der Waals surface area contributed by atoms with Crippen molar-refractivity contribution in [1.29, 1.82) is 0 Å². The quantitative estimate of drug-likeness (QED) is 0.710. The van der Waals surface area contributed by atoms with E-state index in [0.717, 1.165) is 12.8 Å². The predicted molar refractivity (Wildman–Crippen MR) is 74.5 cm³/mol.